The summed E-state index contributed by atoms with van der Waals surface area (Å²) in [7, 11) is 0. The first-order valence-electron chi connectivity index (χ1n) is 6.45. The van der Waals surface area contributed by atoms with E-state index in [0.717, 1.165) is 4.68 Å². The van der Waals surface area contributed by atoms with Crippen molar-refractivity contribution >= 4 is 34.5 Å². The molecular formula is C11H12N6O5S. The molecular weight excluding hydrogens is 328 g/mol. The zero-order chi connectivity index (χ0) is 16.7. The Kier molecular flexibility index (Phi) is 3.93. The zero-order valence-corrected chi connectivity index (χ0v) is 12.3. The minimum Gasteiger partial charge on any atom is -0.394 e. The summed E-state index contributed by atoms with van der Waals surface area (Å²) in [5, 5.41) is 34.9. The number of aromatic nitrogens is 4. The molecule has 2 aromatic rings. The Bertz CT molecular complexity index is 858. The molecule has 4 unspecified atom stereocenters. The number of isothiocyanates is 1. The average Bonchev–Trinajstić information content (AvgIpc) is 3.07. The van der Waals surface area contributed by atoms with Gasteiger partial charge in [0, 0.05) is 0 Å². The fourth-order valence-corrected chi connectivity index (χ4v) is 2.55. The van der Waals surface area contributed by atoms with Crippen LogP contribution in [0.2, 0.25) is 0 Å². The second-order valence-electron chi connectivity index (χ2n) is 4.83. The molecule has 0 aliphatic carbocycles. The summed E-state index contributed by atoms with van der Waals surface area (Å²) in [6.45, 7) is -0.490. The molecule has 3 rings (SSSR count). The van der Waals surface area contributed by atoms with Crippen LogP contribution in [0.3, 0.4) is 0 Å². The molecule has 0 radical (unpaired) electrons. The molecule has 1 aliphatic rings. The molecule has 4 atom stereocenters. The first-order chi connectivity index (χ1) is 11.0. The summed E-state index contributed by atoms with van der Waals surface area (Å²) in [5.74, 6) is -0.256. The topological polar surface area (TPSA) is 161 Å². The molecule has 0 amide bonds. The van der Waals surface area contributed by atoms with Gasteiger partial charge in [-0.15, -0.1) is 5.10 Å². The van der Waals surface area contributed by atoms with E-state index in [-0.39, 0.29) is 17.1 Å². The molecule has 1 saturated heterocycles. The van der Waals surface area contributed by atoms with Gasteiger partial charge in [-0.1, -0.05) is 0 Å². The van der Waals surface area contributed by atoms with Crippen LogP contribution in [-0.2, 0) is 4.74 Å². The maximum atomic E-state index is 11.9. The number of anilines is 1. The number of rotatable bonds is 3. The predicted molar refractivity (Wildman–Crippen MR) is 79.6 cm³/mol. The van der Waals surface area contributed by atoms with E-state index in [1.165, 1.54) is 10.9 Å². The number of aliphatic hydroxyl groups is 3. The number of nitrogens with zero attached hydrogens (tertiary/aromatic N) is 5. The normalized spacial score (nSPS) is 27.3. The van der Waals surface area contributed by atoms with Crippen molar-refractivity contribution in [1.82, 2.24) is 19.2 Å². The molecule has 0 saturated carbocycles. The molecule has 0 bridgehead atoms. The van der Waals surface area contributed by atoms with Crippen molar-refractivity contribution in [3.05, 3.63) is 16.7 Å². The highest BCUT2D eigenvalue weighted by atomic mass is 32.1. The van der Waals surface area contributed by atoms with Gasteiger partial charge >= 0.3 is 5.56 Å². The minimum atomic E-state index is -1.36. The monoisotopic (exact) mass is 340 g/mol. The van der Waals surface area contributed by atoms with Crippen LogP contribution >= 0.6 is 12.2 Å². The summed E-state index contributed by atoms with van der Waals surface area (Å²) >= 11 is 4.54. The van der Waals surface area contributed by atoms with Crippen LogP contribution in [0.5, 0.6) is 0 Å². The number of aliphatic hydroxyl groups excluding tert-OH is 3. The third-order valence-electron chi connectivity index (χ3n) is 3.54. The number of imidazole rings is 1. The molecule has 0 aromatic carbocycles. The lowest BCUT2D eigenvalue weighted by Gasteiger charge is -2.17. The maximum absolute atomic E-state index is 11.9. The van der Waals surface area contributed by atoms with E-state index in [2.05, 4.69) is 32.4 Å². The van der Waals surface area contributed by atoms with Gasteiger partial charge in [0.05, 0.1) is 18.1 Å². The summed E-state index contributed by atoms with van der Waals surface area (Å²) < 4.78 is 7.69. The van der Waals surface area contributed by atoms with Crippen molar-refractivity contribution in [2.45, 2.75) is 24.5 Å². The van der Waals surface area contributed by atoms with Gasteiger partial charge in [-0.25, -0.2) is 4.98 Å². The highest BCUT2D eigenvalue weighted by molar-refractivity contribution is 7.78. The molecule has 2 aromatic heterocycles. The summed E-state index contributed by atoms with van der Waals surface area (Å²) in [6.07, 6.45) is -3.56. The number of hydrogen-bond acceptors (Lipinski definition) is 10. The van der Waals surface area contributed by atoms with Gasteiger partial charge in [0.1, 0.15) is 18.3 Å². The largest absolute Gasteiger partial charge is 0.394 e. The van der Waals surface area contributed by atoms with E-state index in [1.54, 1.807) is 0 Å². The van der Waals surface area contributed by atoms with E-state index < -0.39 is 36.7 Å². The standard InChI is InChI=1S/C11H12N6O5S/c12-11-15-8(21)5-9(17(11)14-3-23)16(2-13-5)10-7(20)6(19)4(1-18)22-10/h2,4,6-7,10,18-20H,1H2,(H2,12,15,21). The Labute approximate surface area is 133 Å². The maximum Gasteiger partial charge on any atom is 0.302 e. The number of thiocarbonyl (C=S) groups is 1. The van der Waals surface area contributed by atoms with Gasteiger partial charge in [-0.3, -0.25) is 9.36 Å². The average molecular weight is 340 g/mol. The van der Waals surface area contributed by atoms with Crippen LogP contribution in [0, 0.1) is 0 Å². The second-order valence-corrected chi connectivity index (χ2v) is 5.01. The third kappa shape index (κ3) is 2.34. The molecule has 11 nitrogen and oxygen atoms in total. The fraction of sp³-hybridized carbons (Fsp3) is 0.455. The summed E-state index contributed by atoms with van der Waals surface area (Å²) in [4.78, 5) is 19.4. The Balaban J connectivity index is 2.23. The predicted octanol–water partition coefficient (Wildman–Crippen LogP) is -2.35. The van der Waals surface area contributed by atoms with Gasteiger partial charge in [0.15, 0.2) is 17.4 Å². The van der Waals surface area contributed by atoms with Crippen LogP contribution in [-0.4, -0.2) is 64.6 Å². The van der Waals surface area contributed by atoms with Gasteiger partial charge in [0.2, 0.25) is 5.95 Å². The van der Waals surface area contributed by atoms with Gasteiger partial charge < -0.3 is 25.8 Å². The van der Waals surface area contributed by atoms with Crippen LogP contribution in [0.4, 0.5) is 5.95 Å². The highest BCUT2D eigenvalue weighted by Crippen LogP contribution is 2.31. The zero-order valence-electron chi connectivity index (χ0n) is 11.5. The van der Waals surface area contributed by atoms with Crippen molar-refractivity contribution in [3.63, 3.8) is 0 Å². The SMILES string of the molecule is Nc1nc(=O)c2ncn(C3OC(CO)C(O)C3O)c2n1N=C=S. The van der Waals surface area contributed by atoms with Crippen LogP contribution < -0.4 is 11.3 Å². The van der Waals surface area contributed by atoms with E-state index in [4.69, 9.17) is 15.6 Å². The molecule has 12 heteroatoms. The van der Waals surface area contributed by atoms with Crippen LogP contribution in [0.1, 0.15) is 6.23 Å². The van der Waals surface area contributed by atoms with Crippen molar-refractivity contribution in [3.8, 4) is 0 Å². The lowest BCUT2D eigenvalue weighted by Crippen LogP contribution is -2.33. The van der Waals surface area contributed by atoms with E-state index >= 15 is 0 Å². The first kappa shape index (κ1) is 15.7. The molecule has 1 aliphatic heterocycles. The van der Waals surface area contributed by atoms with E-state index in [1.807, 2.05) is 0 Å². The van der Waals surface area contributed by atoms with Gasteiger partial charge in [0.25, 0.3) is 0 Å². The summed E-state index contributed by atoms with van der Waals surface area (Å²) in [5.41, 5.74) is 4.94. The van der Waals surface area contributed by atoms with Gasteiger partial charge in [-0.2, -0.15) is 9.66 Å². The minimum absolute atomic E-state index is 0.0645. The van der Waals surface area contributed by atoms with Crippen molar-refractivity contribution in [2.24, 2.45) is 5.10 Å². The second kappa shape index (κ2) is 5.77. The van der Waals surface area contributed by atoms with Crippen LogP contribution in [0.25, 0.3) is 11.2 Å². The Morgan fingerprint density at radius 3 is 2.83 bits per heavy atom. The lowest BCUT2D eigenvalue weighted by molar-refractivity contribution is -0.0512. The molecule has 122 valence electrons. The van der Waals surface area contributed by atoms with Crippen molar-refractivity contribution in [1.29, 1.82) is 0 Å². The number of fused-ring (bicyclic) bond motifs is 1. The van der Waals surface area contributed by atoms with E-state index in [9.17, 15) is 15.0 Å². The Morgan fingerprint density at radius 1 is 1.48 bits per heavy atom. The molecule has 1 fully saturated rings. The third-order valence-corrected chi connectivity index (χ3v) is 3.62. The molecule has 3 heterocycles. The van der Waals surface area contributed by atoms with Gasteiger partial charge in [-0.05, 0) is 12.2 Å². The number of nitrogens with two attached hydrogens (primary N) is 1. The molecule has 0 spiro atoms. The van der Waals surface area contributed by atoms with Crippen molar-refractivity contribution in [2.75, 3.05) is 12.3 Å². The Hall–Kier alpha value is -2.21. The van der Waals surface area contributed by atoms with Crippen molar-refractivity contribution < 1.29 is 20.1 Å². The van der Waals surface area contributed by atoms with Crippen LogP contribution in [0.15, 0.2) is 16.2 Å². The molecule has 23 heavy (non-hydrogen) atoms. The fourth-order valence-electron chi connectivity index (χ4n) is 2.46. The number of ether oxygens (including phenoxy) is 1. The molecule has 5 N–H and O–H groups in total. The lowest BCUT2D eigenvalue weighted by atomic mass is 10.1. The van der Waals surface area contributed by atoms with E-state index in [0.29, 0.717) is 0 Å². The first-order valence-corrected chi connectivity index (χ1v) is 6.86. The highest BCUT2D eigenvalue weighted by Gasteiger charge is 2.44. The Morgan fingerprint density at radius 2 is 2.22 bits per heavy atom. The quantitative estimate of drug-likeness (QED) is 0.354. The number of nitrogen functional groups attached to an aromatic ring is 1. The summed E-state index contributed by atoms with van der Waals surface area (Å²) in [6, 6.07) is 0. The number of hydrogen-bond donors (Lipinski definition) is 4. The smallest absolute Gasteiger partial charge is 0.302 e.